The standard InChI is InChI=1S/C19H27ClNO3/c1-21(2)12-11-17(13-21)24-18(22)19(23,14-5-3-4-6-14)15-7-9-16(20)10-8-15/h7-10,14,17,23H,3-6,11-13H2,1-2H3/q+1. The molecule has 1 saturated carbocycles. The van der Waals surface area contributed by atoms with Crippen LogP contribution in [-0.4, -0.2) is 48.8 Å². The van der Waals surface area contributed by atoms with Crippen molar-refractivity contribution < 1.29 is 19.1 Å². The van der Waals surface area contributed by atoms with E-state index >= 15 is 0 Å². The molecule has 3 rings (SSSR count). The van der Waals surface area contributed by atoms with Gasteiger partial charge in [0, 0.05) is 17.4 Å². The number of esters is 1. The van der Waals surface area contributed by atoms with Gasteiger partial charge in [0.25, 0.3) is 0 Å². The highest BCUT2D eigenvalue weighted by Gasteiger charge is 2.49. The molecule has 2 atom stereocenters. The Bertz CT molecular complexity index is 595. The fraction of sp³-hybridized carbons (Fsp3) is 0.632. The molecule has 2 aliphatic rings. The third kappa shape index (κ3) is 3.46. The minimum Gasteiger partial charge on any atom is -0.454 e. The molecule has 5 heteroatoms. The van der Waals surface area contributed by atoms with Crippen LogP contribution < -0.4 is 0 Å². The molecule has 2 fully saturated rings. The van der Waals surface area contributed by atoms with E-state index in [-0.39, 0.29) is 12.0 Å². The van der Waals surface area contributed by atoms with E-state index in [2.05, 4.69) is 14.1 Å². The van der Waals surface area contributed by atoms with E-state index in [4.69, 9.17) is 16.3 Å². The molecule has 1 saturated heterocycles. The number of ether oxygens (including phenoxy) is 1. The fourth-order valence-electron chi connectivity index (χ4n) is 4.13. The molecule has 0 amide bonds. The third-order valence-corrected chi connectivity index (χ3v) is 5.82. The normalized spacial score (nSPS) is 26.2. The molecular formula is C19H27ClNO3+. The van der Waals surface area contributed by atoms with E-state index in [0.29, 0.717) is 10.6 Å². The molecule has 2 unspecified atom stereocenters. The number of carbonyl (C=O) groups excluding carboxylic acids is 1. The zero-order valence-electron chi connectivity index (χ0n) is 14.5. The molecule has 1 aliphatic heterocycles. The Labute approximate surface area is 149 Å². The SMILES string of the molecule is C[N+]1(C)CCC(OC(=O)C(O)(c2ccc(Cl)cc2)C2CCCC2)C1. The Kier molecular flexibility index (Phi) is 4.92. The summed E-state index contributed by atoms with van der Waals surface area (Å²) in [7, 11) is 4.27. The summed E-state index contributed by atoms with van der Waals surface area (Å²) in [6, 6.07) is 6.94. The van der Waals surface area contributed by atoms with Crippen molar-refractivity contribution in [3.8, 4) is 0 Å². The first-order valence-electron chi connectivity index (χ1n) is 8.83. The largest absolute Gasteiger partial charge is 0.454 e. The quantitative estimate of drug-likeness (QED) is 0.669. The Morgan fingerprint density at radius 2 is 1.83 bits per heavy atom. The smallest absolute Gasteiger partial charge is 0.343 e. The molecule has 132 valence electrons. The van der Waals surface area contributed by atoms with Gasteiger partial charge in [0.05, 0.1) is 20.6 Å². The number of quaternary nitrogens is 1. The number of hydrogen-bond donors (Lipinski definition) is 1. The van der Waals surface area contributed by atoms with Gasteiger partial charge < -0.3 is 14.3 Å². The van der Waals surface area contributed by atoms with Crippen LogP contribution in [0.1, 0.15) is 37.7 Å². The summed E-state index contributed by atoms with van der Waals surface area (Å²) >= 11 is 5.97. The van der Waals surface area contributed by atoms with E-state index in [1.54, 1.807) is 24.3 Å². The second kappa shape index (κ2) is 6.66. The highest BCUT2D eigenvalue weighted by Crippen LogP contribution is 2.42. The van der Waals surface area contributed by atoms with Crippen molar-refractivity contribution in [2.75, 3.05) is 27.2 Å². The first-order chi connectivity index (χ1) is 11.3. The average molecular weight is 353 g/mol. The highest BCUT2D eigenvalue weighted by atomic mass is 35.5. The zero-order valence-corrected chi connectivity index (χ0v) is 15.3. The summed E-state index contributed by atoms with van der Waals surface area (Å²) in [6.45, 7) is 1.79. The van der Waals surface area contributed by atoms with Gasteiger partial charge in [-0.05, 0) is 30.5 Å². The number of rotatable bonds is 4. The van der Waals surface area contributed by atoms with Gasteiger partial charge in [-0.15, -0.1) is 0 Å². The Hall–Kier alpha value is -1.10. The third-order valence-electron chi connectivity index (χ3n) is 5.57. The molecule has 1 aromatic carbocycles. The number of nitrogens with zero attached hydrogens (tertiary/aromatic N) is 1. The minimum atomic E-state index is -1.57. The zero-order chi connectivity index (χ0) is 17.4. The van der Waals surface area contributed by atoms with E-state index in [1.807, 2.05) is 0 Å². The molecule has 0 radical (unpaired) electrons. The lowest BCUT2D eigenvalue weighted by Gasteiger charge is -2.33. The summed E-state index contributed by atoms with van der Waals surface area (Å²) in [5.74, 6) is -0.585. The summed E-state index contributed by atoms with van der Waals surface area (Å²) in [5.41, 5.74) is -0.976. The number of benzene rings is 1. The number of aliphatic hydroxyl groups is 1. The van der Waals surface area contributed by atoms with Crippen molar-refractivity contribution in [3.63, 3.8) is 0 Å². The van der Waals surface area contributed by atoms with Gasteiger partial charge in [-0.25, -0.2) is 4.79 Å². The lowest BCUT2D eigenvalue weighted by atomic mass is 9.80. The molecule has 0 spiro atoms. The van der Waals surface area contributed by atoms with Crippen LogP contribution in [0.25, 0.3) is 0 Å². The maximum absolute atomic E-state index is 13.0. The fourth-order valence-corrected chi connectivity index (χ4v) is 4.26. The van der Waals surface area contributed by atoms with Crippen LogP contribution in [0.5, 0.6) is 0 Å². The van der Waals surface area contributed by atoms with Gasteiger partial charge in [0.15, 0.2) is 11.7 Å². The van der Waals surface area contributed by atoms with Gasteiger partial charge >= 0.3 is 5.97 Å². The molecule has 0 aromatic heterocycles. The van der Waals surface area contributed by atoms with Gasteiger partial charge in [0.2, 0.25) is 0 Å². The number of likely N-dealkylation sites (N-methyl/N-ethyl adjacent to an activating group) is 1. The van der Waals surface area contributed by atoms with Crippen LogP contribution in [0.4, 0.5) is 0 Å². The van der Waals surface area contributed by atoms with E-state index in [9.17, 15) is 9.90 Å². The number of likely N-dealkylation sites (tertiary alicyclic amines) is 1. The monoisotopic (exact) mass is 352 g/mol. The van der Waals surface area contributed by atoms with Crippen molar-refractivity contribution in [2.45, 2.75) is 43.8 Å². The van der Waals surface area contributed by atoms with Crippen molar-refractivity contribution in [3.05, 3.63) is 34.9 Å². The van der Waals surface area contributed by atoms with Gasteiger partial charge in [-0.2, -0.15) is 0 Å². The summed E-state index contributed by atoms with van der Waals surface area (Å²) < 4.78 is 6.62. The Morgan fingerprint density at radius 3 is 2.38 bits per heavy atom. The van der Waals surface area contributed by atoms with Gasteiger partial charge in [0.1, 0.15) is 6.54 Å². The van der Waals surface area contributed by atoms with Crippen LogP contribution in [0, 0.1) is 5.92 Å². The van der Waals surface area contributed by atoms with Crippen molar-refractivity contribution in [1.29, 1.82) is 0 Å². The van der Waals surface area contributed by atoms with Crippen molar-refractivity contribution in [2.24, 2.45) is 5.92 Å². The van der Waals surface area contributed by atoms with E-state index in [1.165, 1.54) is 0 Å². The molecule has 24 heavy (non-hydrogen) atoms. The van der Waals surface area contributed by atoms with Crippen molar-refractivity contribution in [1.82, 2.24) is 0 Å². The summed E-state index contributed by atoms with van der Waals surface area (Å²) in [6.07, 6.45) is 4.51. The molecule has 1 aromatic rings. The molecule has 0 bridgehead atoms. The molecule has 1 aliphatic carbocycles. The van der Waals surface area contributed by atoms with E-state index in [0.717, 1.165) is 49.7 Å². The predicted molar refractivity (Wildman–Crippen MR) is 93.6 cm³/mol. The topological polar surface area (TPSA) is 46.5 Å². The van der Waals surface area contributed by atoms with Crippen LogP contribution in [0.3, 0.4) is 0 Å². The molecular weight excluding hydrogens is 326 g/mol. The molecule has 1 N–H and O–H groups in total. The number of halogens is 1. The first kappa shape index (κ1) is 17.7. The minimum absolute atomic E-state index is 0.0879. The Morgan fingerprint density at radius 1 is 1.21 bits per heavy atom. The lowest BCUT2D eigenvalue weighted by Crippen LogP contribution is -2.46. The first-order valence-corrected chi connectivity index (χ1v) is 9.20. The maximum Gasteiger partial charge on any atom is 0.343 e. The predicted octanol–water partition coefficient (Wildman–Crippen LogP) is 3.11. The molecule has 1 heterocycles. The second-order valence-electron chi connectivity index (χ2n) is 7.91. The van der Waals surface area contributed by atoms with Crippen molar-refractivity contribution >= 4 is 17.6 Å². The summed E-state index contributed by atoms with van der Waals surface area (Å²) in [5, 5.41) is 12.0. The average Bonchev–Trinajstić information content (AvgIpc) is 3.17. The highest BCUT2D eigenvalue weighted by molar-refractivity contribution is 6.30. The maximum atomic E-state index is 13.0. The second-order valence-corrected chi connectivity index (χ2v) is 8.35. The van der Waals surface area contributed by atoms with Crippen LogP contribution >= 0.6 is 11.6 Å². The van der Waals surface area contributed by atoms with Crippen LogP contribution in [0.2, 0.25) is 5.02 Å². The summed E-state index contributed by atoms with van der Waals surface area (Å²) in [4.78, 5) is 13.0. The lowest BCUT2D eigenvalue weighted by molar-refractivity contribution is -0.879. The van der Waals surface area contributed by atoms with Crippen LogP contribution in [-0.2, 0) is 15.1 Å². The van der Waals surface area contributed by atoms with E-state index < -0.39 is 11.6 Å². The van der Waals surface area contributed by atoms with Crippen LogP contribution in [0.15, 0.2) is 24.3 Å². The number of hydrogen-bond acceptors (Lipinski definition) is 3. The van der Waals surface area contributed by atoms with Gasteiger partial charge in [-0.3, -0.25) is 0 Å². The molecule has 4 nitrogen and oxygen atoms in total. The Balaban J connectivity index is 1.84. The number of carbonyl (C=O) groups is 1. The van der Waals surface area contributed by atoms with Gasteiger partial charge in [-0.1, -0.05) is 36.6 Å².